The SMILES string of the molecule is COC(C)OC.COc1ccc2cc(C(=O)C(C)O)ccc2c1. The lowest BCUT2D eigenvalue weighted by Crippen LogP contribution is -2.15. The van der Waals surface area contributed by atoms with Crippen molar-refractivity contribution in [1.29, 1.82) is 0 Å². The van der Waals surface area contributed by atoms with E-state index in [0.29, 0.717) is 5.56 Å². The second-order valence-electron chi connectivity index (χ2n) is 5.01. The summed E-state index contributed by atoms with van der Waals surface area (Å²) in [6, 6.07) is 11.0. The Bertz CT molecular complexity index is 632. The fourth-order valence-electron chi connectivity index (χ4n) is 1.84. The summed E-state index contributed by atoms with van der Waals surface area (Å²) >= 11 is 0. The fraction of sp³-hybridized carbons (Fsp3) is 0.389. The molecule has 0 aromatic heterocycles. The Labute approximate surface area is 136 Å². The summed E-state index contributed by atoms with van der Waals surface area (Å²) < 4.78 is 14.5. The van der Waals surface area contributed by atoms with Crippen LogP contribution < -0.4 is 4.74 Å². The van der Waals surface area contributed by atoms with E-state index in [2.05, 4.69) is 9.47 Å². The maximum absolute atomic E-state index is 11.6. The van der Waals surface area contributed by atoms with Crippen molar-refractivity contribution in [3.05, 3.63) is 42.0 Å². The van der Waals surface area contributed by atoms with Gasteiger partial charge in [-0.25, -0.2) is 0 Å². The molecule has 0 amide bonds. The predicted octanol–water partition coefficient (Wildman–Crippen LogP) is 3.04. The summed E-state index contributed by atoms with van der Waals surface area (Å²) in [5.74, 6) is 0.523. The van der Waals surface area contributed by atoms with Crippen LogP contribution in [0.5, 0.6) is 5.75 Å². The zero-order valence-electron chi connectivity index (χ0n) is 14.2. The number of benzene rings is 2. The highest BCUT2D eigenvalue weighted by molar-refractivity contribution is 6.02. The van der Waals surface area contributed by atoms with Gasteiger partial charge in [0.05, 0.1) is 7.11 Å². The first-order valence-corrected chi connectivity index (χ1v) is 7.28. The van der Waals surface area contributed by atoms with Crippen LogP contribution in [0.25, 0.3) is 10.8 Å². The minimum absolute atomic E-state index is 0.0648. The molecule has 0 aliphatic carbocycles. The summed E-state index contributed by atoms with van der Waals surface area (Å²) in [5, 5.41) is 11.2. The van der Waals surface area contributed by atoms with Gasteiger partial charge in [-0.1, -0.05) is 18.2 Å². The van der Waals surface area contributed by atoms with Crippen LogP contribution in [0.15, 0.2) is 36.4 Å². The number of methoxy groups -OCH3 is 3. The average Bonchev–Trinajstić information content (AvgIpc) is 2.59. The highest BCUT2D eigenvalue weighted by Crippen LogP contribution is 2.22. The van der Waals surface area contributed by atoms with Crippen LogP contribution in [0.1, 0.15) is 24.2 Å². The molecule has 2 aromatic carbocycles. The van der Waals surface area contributed by atoms with Gasteiger partial charge in [0, 0.05) is 19.8 Å². The van der Waals surface area contributed by atoms with Gasteiger partial charge < -0.3 is 19.3 Å². The van der Waals surface area contributed by atoms with E-state index < -0.39 is 6.10 Å². The molecule has 0 aliphatic heterocycles. The molecule has 23 heavy (non-hydrogen) atoms. The van der Waals surface area contributed by atoms with Gasteiger partial charge >= 0.3 is 0 Å². The van der Waals surface area contributed by atoms with Gasteiger partial charge in [-0.05, 0) is 42.8 Å². The minimum Gasteiger partial charge on any atom is -0.497 e. The van der Waals surface area contributed by atoms with E-state index >= 15 is 0 Å². The van der Waals surface area contributed by atoms with Crippen LogP contribution in [-0.4, -0.2) is 44.6 Å². The zero-order chi connectivity index (χ0) is 17.4. The van der Waals surface area contributed by atoms with E-state index in [1.54, 1.807) is 33.5 Å². The summed E-state index contributed by atoms with van der Waals surface area (Å²) in [7, 11) is 4.83. The highest BCUT2D eigenvalue weighted by atomic mass is 16.7. The van der Waals surface area contributed by atoms with Crippen LogP contribution in [0.3, 0.4) is 0 Å². The van der Waals surface area contributed by atoms with Crippen LogP contribution >= 0.6 is 0 Å². The topological polar surface area (TPSA) is 65.0 Å². The Balaban J connectivity index is 0.000000379. The van der Waals surface area contributed by atoms with Crippen molar-refractivity contribution < 1.29 is 24.1 Å². The number of carbonyl (C=O) groups is 1. The first-order chi connectivity index (χ1) is 10.9. The summed E-state index contributed by atoms with van der Waals surface area (Å²) in [6.07, 6.45) is -1.03. The van der Waals surface area contributed by atoms with Crippen LogP contribution in [0, 0.1) is 0 Å². The number of fused-ring (bicyclic) bond motifs is 1. The van der Waals surface area contributed by atoms with Gasteiger partial charge in [-0.15, -0.1) is 0 Å². The Morgan fingerprint density at radius 1 is 0.957 bits per heavy atom. The Kier molecular flexibility index (Phi) is 7.68. The van der Waals surface area contributed by atoms with Gasteiger partial charge in [0.15, 0.2) is 12.1 Å². The number of hydrogen-bond acceptors (Lipinski definition) is 5. The second kappa shape index (κ2) is 9.25. The number of aliphatic hydroxyl groups excluding tert-OH is 1. The minimum atomic E-state index is -0.967. The number of ether oxygens (including phenoxy) is 3. The largest absolute Gasteiger partial charge is 0.497 e. The molecule has 0 saturated carbocycles. The Hall–Kier alpha value is -1.95. The monoisotopic (exact) mass is 320 g/mol. The average molecular weight is 320 g/mol. The van der Waals surface area contributed by atoms with Crippen molar-refractivity contribution in [1.82, 2.24) is 0 Å². The Morgan fingerprint density at radius 2 is 1.52 bits per heavy atom. The van der Waals surface area contributed by atoms with E-state index in [9.17, 15) is 9.90 Å². The number of carbonyl (C=O) groups excluding carboxylic acids is 1. The molecule has 5 nitrogen and oxygen atoms in total. The molecule has 1 N–H and O–H groups in total. The number of Topliss-reactive ketones (excluding diaryl/α,β-unsaturated/α-hetero) is 1. The third kappa shape index (κ3) is 5.63. The second-order valence-corrected chi connectivity index (χ2v) is 5.01. The van der Waals surface area contributed by atoms with Crippen molar-refractivity contribution in [3.63, 3.8) is 0 Å². The van der Waals surface area contributed by atoms with E-state index in [0.717, 1.165) is 16.5 Å². The van der Waals surface area contributed by atoms with E-state index in [1.807, 2.05) is 31.2 Å². The van der Waals surface area contributed by atoms with Crippen molar-refractivity contribution >= 4 is 16.6 Å². The molecule has 1 atom stereocenters. The number of ketones is 1. The van der Waals surface area contributed by atoms with Gasteiger partial charge in [-0.3, -0.25) is 4.79 Å². The molecule has 2 rings (SSSR count). The van der Waals surface area contributed by atoms with Crippen molar-refractivity contribution in [2.24, 2.45) is 0 Å². The molecular formula is C18H24O5. The molecule has 0 spiro atoms. The summed E-state index contributed by atoms with van der Waals surface area (Å²) in [4.78, 5) is 11.6. The summed E-state index contributed by atoms with van der Waals surface area (Å²) in [6.45, 7) is 3.31. The van der Waals surface area contributed by atoms with Crippen molar-refractivity contribution in [2.75, 3.05) is 21.3 Å². The molecule has 0 fully saturated rings. The zero-order valence-corrected chi connectivity index (χ0v) is 14.2. The van der Waals surface area contributed by atoms with E-state index in [1.165, 1.54) is 6.92 Å². The molecule has 2 aromatic rings. The van der Waals surface area contributed by atoms with Crippen LogP contribution in [0.4, 0.5) is 0 Å². The normalized spacial score (nSPS) is 11.8. The highest BCUT2D eigenvalue weighted by Gasteiger charge is 2.12. The lowest BCUT2D eigenvalue weighted by molar-refractivity contribution is -0.0877. The van der Waals surface area contributed by atoms with Gasteiger partial charge in [0.25, 0.3) is 0 Å². The maximum atomic E-state index is 11.6. The third-order valence-corrected chi connectivity index (χ3v) is 3.38. The van der Waals surface area contributed by atoms with Crippen molar-refractivity contribution in [2.45, 2.75) is 26.2 Å². The van der Waals surface area contributed by atoms with E-state index in [4.69, 9.17) is 4.74 Å². The molecule has 0 bridgehead atoms. The molecule has 126 valence electrons. The maximum Gasteiger partial charge on any atom is 0.190 e. The van der Waals surface area contributed by atoms with Crippen LogP contribution in [0.2, 0.25) is 0 Å². The molecule has 0 heterocycles. The molecule has 0 aliphatic rings. The predicted molar refractivity (Wildman–Crippen MR) is 90.0 cm³/mol. The standard InChI is InChI=1S/C14H14O3.C4H10O2/c1-9(15)14(16)12-4-3-11-8-13(17-2)6-5-10(11)7-12;1-4(5-2)6-3/h3-9,15H,1-2H3;4H,1-3H3. The van der Waals surface area contributed by atoms with Gasteiger partial charge in [-0.2, -0.15) is 0 Å². The first kappa shape index (κ1) is 19.1. The lowest BCUT2D eigenvalue weighted by Gasteiger charge is -2.06. The quantitative estimate of drug-likeness (QED) is 0.677. The number of aliphatic hydroxyl groups is 1. The van der Waals surface area contributed by atoms with E-state index in [-0.39, 0.29) is 12.1 Å². The third-order valence-electron chi connectivity index (χ3n) is 3.38. The molecule has 1 unspecified atom stereocenters. The smallest absolute Gasteiger partial charge is 0.190 e. The number of rotatable bonds is 5. The van der Waals surface area contributed by atoms with Crippen LogP contribution in [-0.2, 0) is 9.47 Å². The molecule has 5 heteroatoms. The molecular weight excluding hydrogens is 296 g/mol. The molecule has 0 saturated heterocycles. The molecule has 0 radical (unpaired) electrons. The van der Waals surface area contributed by atoms with Gasteiger partial charge in [0.2, 0.25) is 0 Å². The summed E-state index contributed by atoms with van der Waals surface area (Å²) in [5.41, 5.74) is 0.526. The fourth-order valence-corrected chi connectivity index (χ4v) is 1.84. The van der Waals surface area contributed by atoms with Gasteiger partial charge in [0.1, 0.15) is 11.9 Å². The Morgan fingerprint density at radius 3 is 2.00 bits per heavy atom. The lowest BCUT2D eigenvalue weighted by atomic mass is 10.0. The number of hydrogen-bond donors (Lipinski definition) is 1. The van der Waals surface area contributed by atoms with Crippen molar-refractivity contribution in [3.8, 4) is 5.75 Å². The first-order valence-electron chi connectivity index (χ1n) is 7.28.